The standard InChI is InChI=1S/C34H29F2N3O3/c1-2-3-15-42-32-30(40)13-14-38-31(32)33(41)37(20-22-9-5-4-6-10-22)21-39(38)34-25(16-23-11-7-8-12-26(23)34)17-24-18-28(35)29(36)19-27(24)34/h4-14,17-19H,2-3,15-16,20-21H2,1H3. The first-order valence-electron chi connectivity index (χ1n) is 14.2. The van der Waals surface area contributed by atoms with Crippen molar-refractivity contribution in [1.82, 2.24) is 9.58 Å². The van der Waals surface area contributed by atoms with Crippen molar-refractivity contribution in [2.45, 2.75) is 38.3 Å². The number of unbranched alkanes of at least 4 members (excludes halogenated alkanes) is 1. The zero-order valence-corrected chi connectivity index (χ0v) is 23.1. The summed E-state index contributed by atoms with van der Waals surface area (Å²) in [6.45, 7) is 2.73. The van der Waals surface area contributed by atoms with Crippen molar-refractivity contribution in [2.75, 3.05) is 18.3 Å². The Balaban J connectivity index is 1.49. The number of hydrogen-bond acceptors (Lipinski definition) is 4. The maximum Gasteiger partial charge on any atom is 0.278 e. The number of benzene rings is 3. The summed E-state index contributed by atoms with van der Waals surface area (Å²) >= 11 is 0. The first-order valence-corrected chi connectivity index (χ1v) is 14.2. The molecule has 0 bridgehead atoms. The molecule has 2 heterocycles. The van der Waals surface area contributed by atoms with Gasteiger partial charge in [-0.15, -0.1) is 0 Å². The summed E-state index contributed by atoms with van der Waals surface area (Å²) in [6, 6.07) is 21.5. The second kappa shape index (κ2) is 9.98. The van der Waals surface area contributed by atoms with Crippen molar-refractivity contribution in [2.24, 2.45) is 0 Å². The number of rotatable bonds is 7. The molecule has 6 nitrogen and oxygen atoms in total. The number of ether oxygens (including phenoxy) is 1. The van der Waals surface area contributed by atoms with Crippen LogP contribution in [0.25, 0.3) is 6.08 Å². The lowest BCUT2D eigenvalue weighted by Crippen LogP contribution is -2.62. The van der Waals surface area contributed by atoms with Crippen LogP contribution in [0.15, 0.2) is 89.4 Å². The van der Waals surface area contributed by atoms with Gasteiger partial charge in [-0.3, -0.25) is 19.3 Å². The van der Waals surface area contributed by atoms with Crippen molar-refractivity contribution in [3.8, 4) is 5.75 Å². The molecule has 2 aliphatic carbocycles. The van der Waals surface area contributed by atoms with Crippen LogP contribution in [0.5, 0.6) is 5.75 Å². The molecule has 1 unspecified atom stereocenters. The van der Waals surface area contributed by atoms with E-state index in [-0.39, 0.29) is 36.0 Å². The van der Waals surface area contributed by atoms with Gasteiger partial charge in [0.25, 0.3) is 5.91 Å². The highest BCUT2D eigenvalue weighted by atomic mass is 19.2. The van der Waals surface area contributed by atoms with E-state index in [1.165, 1.54) is 18.2 Å². The molecule has 3 aromatic carbocycles. The average Bonchev–Trinajstić information content (AvgIpc) is 3.47. The van der Waals surface area contributed by atoms with Crippen LogP contribution in [0, 0.1) is 11.6 Å². The lowest BCUT2D eigenvalue weighted by molar-refractivity contribution is 0.0650. The van der Waals surface area contributed by atoms with Crippen LogP contribution in [0.2, 0.25) is 0 Å². The first kappa shape index (κ1) is 26.2. The van der Waals surface area contributed by atoms with E-state index < -0.39 is 17.2 Å². The zero-order chi connectivity index (χ0) is 29.0. The summed E-state index contributed by atoms with van der Waals surface area (Å²) in [4.78, 5) is 29.1. The SMILES string of the molecule is CCCCOc1c2n(ccc1=O)N(C13C(=Cc4cc(F)c(F)cc41)Cc1ccccc13)CN(Cc1ccccc1)C2=O. The van der Waals surface area contributed by atoms with E-state index in [4.69, 9.17) is 4.74 Å². The number of pyridine rings is 1. The topological polar surface area (TPSA) is 54.8 Å². The molecule has 42 heavy (non-hydrogen) atoms. The van der Waals surface area contributed by atoms with Gasteiger partial charge in [0.1, 0.15) is 12.2 Å². The molecule has 0 saturated carbocycles. The predicted molar refractivity (Wildman–Crippen MR) is 156 cm³/mol. The van der Waals surface area contributed by atoms with Gasteiger partial charge in [-0.05, 0) is 58.4 Å². The van der Waals surface area contributed by atoms with E-state index in [9.17, 15) is 14.0 Å². The maximum atomic E-state index is 15.0. The van der Waals surface area contributed by atoms with Gasteiger partial charge in [0.15, 0.2) is 23.1 Å². The number of hydrogen-bond donors (Lipinski definition) is 0. The monoisotopic (exact) mass is 565 g/mol. The van der Waals surface area contributed by atoms with Crippen molar-refractivity contribution < 1.29 is 18.3 Å². The van der Waals surface area contributed by atoms with Crippen LogP contribution in [-0.2, 0) is 18.5 Å². The van der Waals surface area contributed by atoms with Crippen LogP contribution in [0.3, 0.4) is 0 Å². The minimum Gasteiger partial charge on any atom is -0.487 e. The zero-order valence-electron chi connectivity index (χ0n) is 23.1. The molecule has 1 aliphatic heterocycles. The van der Waals surface area contributed by atoms with Crippen LogP contribution in [0.1, 0.15) is 58.1 Å². The van der Waals surface area contributed by atoms with Gasteiger partial charge >= 0.3 is 0 Å². The Morgan fingerprint density at radius 2 is 1.69 bits per heavy atom. The van der Waals surface area contributed by atoms with Gasteiger partial charge < -0.3 is 9.64 Å². The van der Waals surface area contributed by atoms with E-state index in [1.807, 2.05) is 72.6 Å². The normalized spacial score (nSPS) is 18.4. The molecule has 1 aromatic heterocycles. The van der Waals surface area contributed by atoms with Crippen molar-refractivity contribution in [3.63, 3.8) is 0 Å². The summed E-state index contributed by atoms with van der Waals surface area (Å²) in [5.41, 5.74) is 3.73. The van der Waals surface area contributed by atoms with E-state index in [0.29, 0.717) is 24.2 Å². The molecule has 0 N–H and O–H groups in total. The van der Waals surface area contributed by atoms with Gasteiger partial charge in [-0.25, -0.2) is 8.78 Å². The molecule has 4 aromatic rings. The third-order valence-corrected chi connectivity index (χ3v) is 8.50. The van der Waals surface area contributed by atoms with Crippen molar-refractivity contribution in [1.29, 1.82) is 0 Å². The summed E-state index contributed by atoms with van der Waals surface area (Å²) in [6.07, 6.45) is 5.68. The average molecular weight is 566 g/mol. The fourth-order valence-corrected chi connectivity index (χ4v) is 6.63. The molecule has 212 valence electrons. The van der Waals surface area contributed by atoms with Crippen LogP contribution in [-0.4, -0.2) is 28.8 Å². The molecule has 1 amide bonds. The lowest BCUT2D eigenvalue weighted by Gasteiger charge is -2.49. The molecule has 0 spiro atoms. The minimum absolute atomic E-state index is 0.00423. The molecule has 0 saturated heterocycles. The van der Waals surface area contributed by atoms with E-state index in [0.717, 1.165) is 35.1 Å². The van der Waals surface area contributed by atoms with Crippen molar-refractivity contribution >= 4 is 12.0 Å². The van der Waals surface area contributed by atoms with Gasteiger partial charge in [0, 0.05) is 18.8 Å². The van der Waals surface area contributed by atoms with Crippen LogP contribution >= 0.6 is 0 Å². The Kier molecular flexibility index (Phi) is 6.22. The largest absolute Gasteiger partial charge is 0.487 e. The number of carbonyl (C=O) groups is 1. The summed E-state index contributed by atoms with van der Waals surface area (Å²) in [5, 5.41) is 2.00. The molecule has 7 rings (SSSR count). The van der Waals surface area contributed by atoms with E-state index in [2.05, 4.69) is 0 Å². The van der Waals surface area contributed by atoms with Gasteiger partial charge in [-0.2, -0.15) is 0 Å². The fourth-order valence-electron chi connectivity index (χ4n) is 6.63. The van der Waals surface area contributed by atoms with Crippen LogP contribution in [0.4, 0.5) is 8.78 Å². The number of amides is 1. The molecule has 0 radical (unpaired) electrons. The number of aromatic nitrogens is 1. The van der Waals surface area contributed by atoms with E-state index >= 15 is 4.39 Å². The van der Waals surface area contributed by atoms with Gasteiger partial charge in [-0.1, -0.05) is 74.0 Å². The minimum atomic E-state index is -1.04. The maximum absolute atomic E-state index is 15.0. The number of nitrogens with zero attached hydrogens (tertiary/aromatic N) is 3. The summed E-state index contributed by atoms with van der Waals surface area (Å²) in [5.74, 6) is -2.19. The van der Waals surface area contributed by atoms with Crippen LogP contribution < -0.4 is 15.2 Å². The number of halogens is 2. The molecule has 8 heteroatoms. The Morgan fingerprint density at radius 1 is 0.929 bits per heavy atom. The van der Waals surface area contributed by atoms with Gasteiger partial charge in [0.05, 0.1) is 6.61 Å². The third kappa shape index (κ3) is 3.81. The Bertz CT molecular complexity index is 1820. The summed E-state index contributed by atoms with van der Waals surface area (Å²) < 4.78 is 37.2. The highest BCUT2D eigenvalue weighted by molar-refractivity contribution is 5.96. The van der Waals surface area contributed by atoms with Crippen molar-refractivity contribution in [3.05, 3.63) is 140 Å². The molecule has 3 aliphatic rings. The highest BCUT2D eigenvalue weighted by Gasteiger charge is 2.55. The second-order valence-corrected chi connectivity index (χ2v) is 11.0. The third-order valence-electron chi connectivity index (χ3n) is 8.50. The fraction of sp³-hybridized carbons (Fsp3) is 0.235. The first-order chi connectivity index (χ1) is 20.4. The smallest absolute Gasteiger partial charge is 0.278 e. The molecule has 1 atom stereocenters. The Morgan fingerprint density at radius 3 is 2.50 bits per heavy atom. The number of carbonyl (C=O) groups excluding carboxylic acids is 1. The highest BCUT2D eigenvalue weighted by Crippen LogP contribution is 2.55. The second-order valence-electron chi connectivity index (χ2n) is 11.0. The molecule has 0 fully saturated rings. The Labute approximate surface area is 242 Å². The van der Waals surface area contributed by atoms with Gasteiger partial charge in [0.2, 0.25) is 5.43 Å². The quantitative estimate of drug-likeness (QED) is 0.268. The number of fused-ring (bicyclic) bond motifs is 6. The molecular formula is C34H29F2N3O3. The lowest BCUT2D eigenvalue weighted by atomic mass is 9.83. The molecular weight excluding hydrogens is 536 g/mol. The summed E-state index contributed by atoms with van der Waals surface area (Å²) in [7, 11) is 0. The predicted octanol–water partition coefficient (Wildman–Crippen LogP) is 5.75. The Hall–Kier alpha value is -4.72. The van der Waals surface area contributed by atoms with E-state index in [1.54, 1.807) is 15.8 Å².